The van der Waals surface area contributed by atoms with Crippen molar-refractivity contribution in [2.45, 2.75) is 38.1 Å². The van der Waals surface area contributed by atoms with Gasteiger partial charge in [-0.05, 0) is 48.9 Å². The van der Waals surface area contributed by atoms with E-state index in [1.165, 1.54) is 24.0 Å². The van der Waals surface area contributed by atoms with Crippen LogP contribution in [0.15, 0.2) is 18.2 Å². The molecule has 2 rings (SSSR count). The maximum Gasteiger partial charge on any atom is 0.305 e. The molecule has 0 radical (unpaired) electrons. The Bertz CT molecular complexity index is 431. The molecule has 0 aromatic heterocycles. The molecule has 0 heterocycles. The van der Waals surface area contributed by atoms with Gasteiger partial charge in [0.25, 0.3) is 0 Å². The summed E-state index contributed by atoms with van der Waals surface area (Å²) >= 11 is 0. The second-order valence-electron chi connectivity index (χ2n) is 4.81. The molecule has 0 spiro atoms. The molecule has 1 aromatic rings. The van der Waals surface area contributed by atoms with Crippen LogP contribution in [0, 0.1) is 0 Å². The van der Waals surface area contributed by atoms with Gasteiger partial charge in [0, 0.05) is 6.04 Å². The summed E-state index contributed by atoms with van der Waals surface area (Å²) in [5, 5.41) is 8.60. The van der Waals surface area contributed by atoms with Gasteiger partial charge in [0.1, 0.15) is 12.4 Å². The second-order valence-corrected chi connectivity index (χ2v) is 4.81. The van der Waals surface area contributed by atoms with Crippen molar-refractivity contribution in [3.05, 3.63) is 29.3 Å². The van der Waals surface area contributed by atoms with E-state index >= 15 is 0 Å². The predicted octanol–water partition coefficient (Wildman–Crippen LogP) is 1.75. The monoisotopic (exact) mass is 249 g/mol. The average molecular weight is 249 g/mol. The number of hydrogen-bond donors (Lipinski definition) is 2. The largest absolute Gasteiger partial charge is 0.492 e. The molecule has 0 saturated heterocycles. The minimum atomic E-state index is -0.892. The summed E-state index contributed by atoms with van der Waals surface area (Å²) in [6.07, 6.45) is 4.68. The third-order valence-corrected chi connectivity index (χ3v) is 3.22. The highest BCUT2D eigenvalue weighted by Gasteiger charge is 2.12. The summed E-state index contributed by atoms with van der Waals surface area (Å²) in [5.41, 5.74) is 8.41. The number of rotatable bonds is 5. The SMILES string of the molecule is NC(COc1ccc2c(c1)CCCC2)CC(=O)O. The minimum Gasteiger partial charge on any atom is -0.492 e. The zero-order valence-corrected chi connectivity index (χ0v) is 10.4. The highest BCUT2D eigenvalue weighted by Crippen LogP contribution is 2.25. The second kappa shape index (κ2) is 5.87. The Morgan fingerprint density at radius 3 is 2.78 bits per heavy atom. The lowest BCUT2D eigenvalue weighted by Crippen LogP contribution is -2.30. The van der Waals surface area contributed by atoms with E-state index in [2.05, 4.69) is 12.1 Å². The molecule has 1 aliphatic carbocycles. The number of fused-ring (bicyclic) bond motifs is 1. The van der Waals surface area contributed by atoms with Crippen LogP contribution < -0.4 is 10.5 Å². The van der Waals surface area contributed by atoms with Gasteiger partial charge >= 0.3 is 5.97 Å². The highest BCUT2D eigenvalue weighted by atomic mass is 16.5. The fourth-order valence-electron chi connectivity index (χ4n) is 2.29. The number of aryl methyl sites for hydroxylation is 2. The van der Waals surface area contributed by atoms with Crippen LogP contribution in [-0.4, -0.2) is 23.7 Å². The third kappa shape index (κ3) is 3.47. The Kier molecular flexibility index (Phi) is 4.20. The molecule has 0 aliphatic heterocycles. The quantitative estimate of drug-likeness (QED) is 0.833. The number of carboxylic acid groups (broad SMARTS) is 1. The van der Waals surface area contributed by atoms with Crippen molar-refractivity contribution < 1.29 is 14.6 Å². The van der Waals surface area contributed by atoms with Crippen LogP contribution >= 0.6 is 0 Å². The van der Waals surface area contributed by atoms with E-state index in [9.17, 15) is 4.79 Å². The lowest BCUT2D eigenvalue weighted by molar-refractivity contribution is -0.137. The van der Waals surface area contributed by atoms with E-state index in [1.807, 2.05) is 6.07 Å². The molecule has 4 nitrogen and oxygen atoms in total. The van der Waals surface area contributed by atoms with Crippen molar-refractivity contribution in [1.29, 1.82) is 0 Å². The van der Waals surface area contributed by atoms with Gasteiger partial charge in [0.15, 0.2) is 0 Å². The zero-order valence-electron chi connectivity index (χ0n) is 10.4. The first-order chi connectivity index (χ1) is 8.65. The fourth-order valence-corrected chi connectivity index (χ4v) is 2.29. The number of carboxylic acids is 1. The molecule has 0 bridgehead atoms. The van der Waals surface area contributed by atoms with E-state index in [0.29, 0.717) is 0 Å². The van der Waals surface area contributed by atoms with Crippen LogP contribution in [0.2, 0.25) is 0 Å². The Labute approximate surface area is 107 Å². The Morgan fingerprint density at radius 1 is 1.33 bits per heavy atom. The normalized spacial score (nSPS) is 15.8. The number of hydrogen-bond acceptors (Lipinski definition) is 3. The Balaban J connectivity index is 1.91. The molecule has 1 atom stereocenters. The molecule has 1 aromatic carbocycles. The van der Waals surface area contributed by atoms with E-state index < -0.39 is 12.0 Å². The molecular formula is C14H19NO3. The summed E-state index contributed by atoms with van der Waals surface area (Å²) in [5.74, 6) is -0.104. The van der Waals surface area contributed by atoms with E-state index in [0.717, 1.165) is 18.6 Å². The van der Waals surface area contributed by atoms with Gasteiger partial charge < -0.3 is 15.6 Å². The van der Waals surface area contributed by atoms with Gasteiger partial charge in [-0.25, -0.2) is 0 Å². The molecule has 1 aliphatic rings. The molecule has 0 amide bonds. The van der Waals surface area contributed by atoms with Crippen LogP contribution in [0.5, 0.6) is 5.75 Å². The fraction of sp³-hybridized carbons (Fsp3) is 0.500. The van der Waals surface area contributed by atoms with Crippen LogP contribution in [0.1, 0.15) is 30.4 Å². The smallest absolute Gasteiger partial charge is 0.305 e. The molecule has 1 unspecified atom stereocenters. The van der Waals surface area contributed by atoms with Gasteiger partial charge in [-0.3, -0.25) is 4.79 Å². The van der Waals surface area contributed by atoms with Gasteiger partial charge in [0.05, 0.1) is 6.42 Å². The Morgan fingerprint density at radius 2 is 2.06 bits per heavy atom. The minimum absolute atomic E-state index is 0.0645. The van der Waals surface area contributed by atoms with Gasteiger partial charge in [0.2, 0.25) is 0 Å². The summed E-state index contributed by atoms with van der Waals surface area (Å²) in [7, 11) is 0. The number of aliphatic carboxylic acids is 1. The van der Waals surface area contributed by atoms with Crippen molar-refractivity contribution in [2.24, 2.45) is 5.73 Å². The molecule has 98 valence electrons. The van der Waals surface area contributed by atoms with E-state index in [-0.39, 0.29) is 13.0 Å². The predicted molar refractivity (Wildman–Crippen MR) is 68.8 cm³/mol. The maximum atomic E-state index is 10.5. The molecule has 0 saturated carbocycles. The van der Waals surface area contributed by atoms with Crippen LogP contribution in [0.3, 0.4) is 0 Å². The van der Waals surface area contributed by atoms with Gasteiger partial charge in [-0.15, -0.1) is 0 Å². The van der Waals surface area contributed by atoms with Crippen molar-refractivity contribution in [2.75, 3.05) is 6.61 Å². The van der Waals surface area contributed by atoms with Crippen LogP contribution in [-0.2, 0) is 17.6 Å². The van der Waals surface area contributed by atoms with E-state index in [4.69, 9.17) is 15.6 Å². The van der Waals surface area contributed by atoms with Crippen molar-refractivity contribution in [1.82, 2.24) is 0 Å². The van der Waals surface area contributed by atoms with Crippen molar-refractivity contribution >= 4 is 5.97 Å². The van der Waals surface area contributed by atoms with Crippen molar-refractivity contribution in [3.63, 3.8) is 0 Å². The van der Waals surface area contributed by atoms with Gasteiger partial charge in [-0.1, -0.05) is 6.07 Å². The summed E-state index contributed by atoms with van der Waals surface area (Å²) < 4.78 is 5.55. The molecular weight excluding hydrogens is 230 g/mol. The Hall–Kier alpha value is -1.55. The molecule has 3 N–H and O–H groups in total. The highest BCUT2D eigenvalue weighted by molar-refractivity contribution is 5.67. The topological polar surface area (TPSA) is 72.5 Å². The maximum absolute atomic E-state index is 10.5. The first kappa shape index (κ1) is 12.9. The number of benzene rings is 1. The number of ether oxygens (including phenoxy) is 1. The van der Waals surface area contributed by atoms with E-state index in [1.54, 1.807) is 0 Å². The molecule has 18 heavy (non-hydrogen) atoms. The first-order valence-corrected chi connectivity index (χ1v) is 6.37. The molecule has 0 fully saturated rings. The van der Waals surface area contributed by atoms with Crippen LogP contribution in [0.25, 0.3) is 0 Å². The zero-order chi connectivity index (χ0) is 13.0. The van der Waals surface area contributed by atoms with Crippen molar-refractivity contribution in [3.8, 4) is 5.75 Å². The summed E-state index contributed by atoms with van der Waals surface area (Å²) in [6, 6.07) is 5.64. The average Bonchev–Trinajstić information content (AvgIpc) is 2.35. The van der Waals surface area contributed by atoms with Gasteiger partial charge in [-0.2, -0.15) is 0 Å². The number of carbonyl (C=O) groups is 1. The molecule has 4 heteroatoms. The summed E-state index contributed by atoms with van der Waals surface area (Å²) in [6.45, 7) is 0.241. The number of nitrogens with two attached hydrogens (primary N) is 1. The van der Waals surface area contributed by atoms with Crippen LogP contribution in [0.4, 0.5) is 0 Å². The first-order valence-electron chi connectivity index (χ1n) is 6.37. The third-order valence-electron chi connectivity index (χ3n) is 3.22. The lowest BCUT2D eigenvalue weighted by atomic mass is 9.92. The standard InChI is InChI=1S/C14H19NO3/c15-12(8-14(16)17)9-18-13-6-5-10-3-1-2-4-11(10)7-13/h5-7,12H,1-4,8-9,15H2,(H,16,17). The lowest BCUT2D eigenvalue weighted by Gasteiger charge is -2.17. The summed E-state index contributed by atoms with van der Waals surface area (Å²) in [4.78, 5) is 10.5.